The van der Waals surface area contributed by atoms with Crippen LogP contribution in [0.15, 0.2) is 18.2 Å². The second kappa shape index (κ2) is 6.11. The van der Waals surface area contributed by atoms with Crippen LogP contribution in [0.25, 0.3) is 0 Å². The third kappa shape index (κ3) is 3.69. The Morgan fingerprint density at radius 1 is 1.24 bits per heavy atom. The summed E-state index contributed by atoms with van der Waals surface area (Å²) >= 11 is 0. The van der Waals surface area contributed by atoms with Crippen molar-refractivity contribution in [2.24, 2.45) is 5.92 Å². The second-order valence-corrected chi connectivity index (χ2v) is 7.81. The van der Waals surface area contributed by atoms with E-state index in [1.807, 2.05) is 27.7 Å². The van der Waals surface area contributed by atoms with Crippen molar-refractivity contribution in [1.29, 1.82) is 0 Å². The summed E-state index contributed by atoms with van der Waals surface area (Å²) in [6.07, 6.45) is 2.24. The molecule has 0 unspecified atom stereocenters. The normalized spacial score (nSPS) is 21.2. The number of rotatable bonds is 5. The molecule has 134 valence electrons. The highest BCUT2D eigenvalue weighted by Gasteiger charge is 2.52. The monoisotopic (exact) mass is 346 g/mol. The molecular formula is C17H23BN2O5. The zero-order valence-corrected chi connectivity index (χ0v) is 15.0. The van der Waals surface area contributed by atoms with Gasteiger partial charge in [-0.1, -0.05) is 0 Å². The Bertz CT molecular complexity index is 699. The lowest BCUT2D eigenvalue weighted by molar-refractivity contribution is -0.384. The Kier molecular flexibility index (Phi) is 4.37. The topological polar surface area (TPSA) is 90.7 Å². The van der Waals surface area contributed by atoms with E-state index >= 15 is 0 Å². The van der Waals surface area contributed by atoms with Crippen LogP contribution in [0.4, 0.5) is 5.69 Å². The summed E-state index contributed by atoms with van der Waals surface area (Å²) in [4.78, 5) is 23.1. The van der Waals surface area contributed by atoms with Crippen LogP contribution in [0.3, 0.4) is 0 Å². The van der Waals surface area contributed by atoms with Crippen LogP contribution < -0.4 is 10.8 Å². The van der Waals surface area contributed by atoms with Crippen molar-refractivity contribution in [1.82, 2.24) is 5.32 Å². The van der Waals surface area contributed by atoms with Crippen LogP contribution in [0, 0.1) is 16.0 Å². The van der Waals surface area contributed by atoms with Crippen LogP contribution in [0.1, 0.15) is 50.9 Å². The lowest BCUT2D eigenvalue weighted by Crippen LogP contribution is -2.41. The lowest BCUT2D eigenvalue weighted by Gasteiger charge is -2.32. The number of hydrogen-bond donors (Lipinski definition) is 1. The molecule has 1 saturated carbocycles. The van der Waals surface area contributed by atoms with Gasteiger partial charge in [0.15, 0.2) is 0 Å². The van der Waals surface area contributed by atoms with Gasteiger partial charge in [-0.2, -0.15) is 0 Å². The molecule has 1 heterocycles. The fourth-order valence-corrected chi connectivity index (χ4v) is 2.65. The average molecular weight is 346 g/mol. The van der Waals surface area contributed by atoms with Gasteiger partial charge >= 0.3 is 7.12 Å². The van der Waals surface area contributed by atoms with Crippen molar-refractivity contribution in [2.75, 3.05) is 6.54 Å². The number of amides is 1. The summed E-state index contributed by atoms with van der Waals surface area (Å²) in [5, 5.41) is 14.1. The van der Waals surface area contributed by atoms with E-state index in [1.54, 1.807) is 6.07 Å². The minimum absolute atomic E-state index is 0.149. The zero-order chi connectivity index (χ0) is 18.4. The predicted octanol–water partition coefficient (Wildman–Crippen LogP) is 2.03. The minimum Gasteiger partial charge on any atom is -0.399 e. The number of benzene rings is 1. The van der Waals surface area contributed by atoms with Gasteiger partial charge in [0.25, 0.3) is 11.6 Å². The molecule has 1 aliphatic carbocycles. The van der Waals surface area contributed by atoms with Crippen molar-refractivity contribution in [3.8, 4) is 0 Å². The maximum Gasteiger partial charge on any atom is 0.495 e. The quantitative estimate of drug-likeness (QED) is 0.500. The molecule has 8 heteroatoms. The van der Waals surface area contributed by atoms with Crippen LogP contribution in [-0.2, 0) is 9.31 Å². The molecule has 0 radical (unpaired) electrons. The first-order chi connectivity index (χ1) is 11.6. The van der Waals surface area contributed by atoms with E-state index in [9.17, 15) is 14.9 Å². The summed E-state index contributed by atoms with van der Waals surface area (Å²) in [7, 11) is -0.750. The summed E-state index contributed by atoms with van der Waals surface area (Å²) in [5.74, 6) is 0.221. The largest absolute Gasteiger partial charge is 0.495 e. The molecule has 2 fully saturated rings. The fourth-order valence-electron chi connectivity index (χ4n) is 2.65. The first-order valence-corrected chi connectivity index (χ1v) is 8.52. The van der Waals surface area contributed by atoms with Crippen LogP contribution in [0.5, 0.6) is 0 Å². The fraction of sp³-hybridized carbons (Fsp3) is 0.588. The molecule has 1 saturated heterocycles. The number of nitro benzene ring substituents is 1. The van der Waals surface area contributed by atoms with Gasteiger partial charge in [0.2, 0.25) is 0 Å². The first kappa shape index (κ1) is 17.9. The molecule has 0 atom stereocenters. The molecule has 25 heavy (non-hydrogen) atoms. The van der Waals surface area contributed by atoms with Crippen LogP contribution in [0.2, 0.25) is 0 Å². The van der Waals surface area contributed by atoms with Gasteiger partial charge in [-0.05, 0) is 58.0 Å². The Morgan fingerprint density at radius 3 is 2.36 bits per heavy atom. The molecule has 7 nitrogen and oxygen atoms in total. The highest BCUT2D eigenvalue weighted by atomic mass is 16.7. The van der Waals surface area contributed by atoms with E-state index < -0.39 is 23.2 Å². The zero-order valence-electron chi connectivity index (χ0n) is 15.0. The van der Waals surface area contributed by atoms with Gasteiger partial charge in [-0.3, -0.25) is 14.9 Å². The van der Waals surface area contributed by atoms with Gasteiger partial charge < -0.3 is 14.6 Å². The molecule has 1 aliphatic heterocycles. The SMILES string of the molecule is CC1(C)OB(c2cc(C(=O)NCC3CC3)cc([N+](=O)[O-])c2)OC1(C)C. The van der Waals surface area contributed by atoms with E-state index in [2.05, 4.69) is 5.32 Å². The molecule has 0 bridgehead atoms. The molecule has 1 N–H and O–H groups in total. The maximum atomic E-state index is 12.4. The van der Waals surface area contributed by atoms with Crippen molar-refractivity contribution in [3.05, 3.63) is 33.9 Å². The van der Waals surface area contributed by atoms with Gasteiger partial charge in [-0.25, -0.2) is 0 Å². The maximum absolute atomic E-state index is 12.4. The summed E-state index contributed by atoms with van der Waals surface area (Å²) in [6, 6.07) is 4.30. The standard InChI is InChI=1S/C17H23BN2O5/c1-16(2)17(3,4)25-18(24-16)13-7-12(8-14(9-13)20(22)23)15(21)19-10-11-5-6-11/h7-9,11H,5-6,10H2,1-4H3,(H,19,21). The van der Waals surface area contributed by atoms with E-state index in [-0.39, 0.29) is 17.2 Å². The molecule has 2 aliphatic rings. The first-order valence-electron chi connectivity index (χ1n) is 8.52. The Hall–Kier alpha value is -1.93. The molecule has 0 aromatic heterocycles. The molecular weight excluding hydrogens is 323 g/mol. The second-order valence-electron chi connectivity index (χ2n) is 7.81. The lowest BCUT2D eigenvalue weighted by atomic mass is 9.78. The molecule has 0 spiro atoms. The van der Waals surface area contributed by atoms with E-state index in [4.69, 9.17) is 9.31 Å². The highest BCUT2D eigenvalue weighted by Crippen LogP contribution is 2.36. The highest BCUT2D eigenvalue weighted by molar-refractivity contribution is 6.62. The van der Waals surface area contributed by atoms with Crippen LogP contribution >= 0.6 is 0 Å². The average Bonchev–Trinajstić information content (AvgIpc) is 3.31. The third-order valence-corrected chi connectivity index (χ3v) is 5.19. The number of nitrogens with one attached hydrogen (secondary N) is 1. The molecule has 1 aromatic rings. The molecule has 3 rings (SSSR count). The molecule has 1 aromatic carbocycles. The van der Waals surface area contributed by atoms with Crippen molar-refractivity contribution in [2.45, 2.75) is 51.7 Å². The minimum atomic E-state index is -0.750. The number of hydrogen-bond acceptors (Lipinski definition) is 5. The Morgan fingerprint density at radius 2 is 1.84 bits per heavy atom. The summed E-state index contributed by atoms with van der Waals surface area (Å²) in [6.45, 7) is 8.25. The van der Waals surface area contributed by atoms with Gasteiger partial charge in [0.1, 0.15) is 0 Å². The van der Waals surface area contributed by atoms with Crippen molar-refractivity contribution in [3.63, 3.8) is 0 Å². The number of carbonyl (C=O) groups excluding carboxylic acids is 1. The van der Waals surface area contributed by atoms with E-state index in [0.29, 0.717) is 17.9 Å². The predicted molar refractivity (Wildman–Crippen MR) is 93.9 cm³/mol. The third-order valence-electron chi connectivity index (χ3n) is 5.19. The van der Waals surface area contributed by atoms with Gasteiger partial charge in [0.05, 0.1) is 16.1 Å². The van der Waals surface area contributed by atoms with Crippen LogP contribution in [-0.4, -0.2) is 35.7 Å². The van der Waals surface area contributed by atoms with E-state index in [1.165, 1.54) is 12.1 Å². The Labute approximate surface area is 147 Å². The number of nitro groups is 1. The number of non-ortho nitro benzene ring substituents is 1. The smallest absolute Gasteiger partial charge is 0.399 e. The number of carbonyl (C=O) groups is 1. The van der Waals surface area contributed by atoms with Crippen molar-refractivity contribution < 1.29 is 19.0 Å². The molecule has 1 amide bonds. The van der Waals surface area contributed by atoms with Crippen molar-refractivity contribution >= 4 is 24.2 Å². The van der Waals surface area contributed by atoms with E-state index in [0.717, 1.165) is 12.8 Å². The van der Waals surface area contributed by atoms with Gasteiger partial charge in [-0.15, -0.1) is 0 Å². The summed E-state index contributed by atoms with van der Waals surface area (Å²) in [5.41, 5.74) is -0.541. The number of nitrogens with zero attached hydrogens (tertiary/aromatic N) is 1. The van der Waals surface area contributed by atoms with Gasteiger partial charge in [0, 0.05) is 24.2 Å². The summed E-state index contributed by atoms with van der Waals surface area (Å²) < 4.78 is 11.9. The Balaban J connectivity index is 1.88.